The lowest BCUT2D eigenvalue weighted by Gasteiger charge is -2.17. The second-order valence-corrected chi connectivity index (χ2v) is 6.63. The van der Waals surface area contributed by atoms with Crippen LogP contribution in [0.4, 0.5) is 0 Å². The first-order valence-corrected chi connectivity index (χ1v) is 7.70. The number of halogens is 2. The van der Waals surface area contributed by atoms with E-state index in [4.69, 9.17) is 0 Å². The summed E-state index contributed by atoms with van der Waals surface area (Å²) in [7, 11) is 7.82. The summed E-state index contributed by atoms with van der Waals surface area (Å²) >= 11 is 0. The number of ketones is 2. The van der Waals surface area contributed by atoms with Crippen LogP contribution in [0.1, 0.15) is 34.6 Å². The summed E-state index contributed by atoms with van der Waals surface area (Å²) in [6.45, 7) is 5.31. The second-order valence-electron chi connectivity index (χ2n) is 6.63. The molecule has 0 heterocycles. The third-order valence-electron chi connectivity index (χ3n) is 3.63. The van der Waals surface area contributed by atoms with E-state index in [1.165, 1.54) is 0 Å². The van der Waals surface area contributed by atoms with Crippen molar-refractivity contribution < 1.29 is 9.59 Å². The monoisotopic (exact) mass is 376 g/mol. The predicted octanol–water partition coefficient (Wildman–Crippen LogP) is 3.29. The van der Waals surface area contributed by atoms with Crippen molar-refractivity contribution in [1.29, 1.82) is 0 Å². The van der Waals surface area contributed by atoms with Crippen LogP contribution in [0.5, 0.6) is 0 Å². The van der Waals surface area contributed by atoms with E-state index in [0.717, 1.165) is 13.1 Å². The Hall–Kier alpha value is -0.940. The second kappa shape index (κ2) is 11.6. The zero-order valence-corrected chi connectivity index (χ0v) is 17.0. The maximum Gasteiger partial charge on any atom is 0.166 e. The molecule has 0 saturated carbocycles. The predicted molar refractivity (Wildman–Crippen MR) is 105 cm³/mol. The van der Waals surface area contributed by atoms with Crippen molar-refractivity contribution in [2.24, 2.45) is 11.8 Å². The maximum absolute atomic E-state index is 12.3. The minimum absolute atomic E-state index is 0. The SMILES string of the molecule is CC(CN(C)C)C(=O)c1ccc(C(=O)C(C)CN(C)C)cc1.Cl.Cl. The Morgan fingerprint density at radius 1 is 0.750 bits per heavy atom. The molecule has 1 aromatic rings. The molecule has 1 aromatic carbocycles. The van der Waals surface area contributed by atoms with E-state index in [1.807, 2.05) is 51.8 Å². The van der Waals surface area contributed by atoms with E-state index in [-0.39, 0.29) is 48.2 Å². The summed E-state index contributed by atoms with van der Waals surface area (Å²) in [6.07, 6.45) is 0. The number of carbonyl (C=O) groups is 2. The molecule has 24 heavy (non-hydrogen) atoms. The van der Waals surface area contributed by atoms with Crippen molar-refractivity contribution >= 4 is 36.4 Å². The highest BCUT2D eigenvalue weighted by Crippen LogP contribution is 2.14. The minimum atomic E-state index is -0.0517. The number of nitrogens with zero attached hydrogens (tertiary/aromatic N) is 2. The topological polar surface area (TPSA) is 40.6 Å². The van der Waals surface area contributed by atoms with Crippen LogP contribution in [-0.4, -0.2) is 62.6 Å². The smallest absolute Gasteiger partial charge is 0.166 e. The van der Waals surface area contributed by atoms with Crippen molar-refractivity contribution in [1.82, 2.24) is 9.80 Å². The summed E-state index contributed by atoms with van der Waals surface area (Å²) in [6, 6.07) is 7.07. The van der Waals surface area contributed by atoms with Crippen LogP contribution in [0.2, 0.25) is 0 Å². The summed E-state index contributed by atoms with van der Waals surface area (Å²) in [4.78, 5) is 28.7. The van der Waals surface area contributed by atoms with Gasteiger partial charge in [0.1, 0.15) is 0 Å². The lowest BCUT2D eigenvalue weighted by Crippen LogP contribution is -2.26. The van der Waals surface area contributed by atoms with Gasteiger partial charge in [0.2, 0.25) is 0 Å². The molecule has 0 N–H and O–H groups in total. The summed E-state index contributed by atoms with van der Waals surface area (Å²) in [5, 5.41) is 0. The Bertz CT molecular complexity index is 469. The van der Waals surface area contributed by atoms with Crippen LogP contribution in [0.3, 0.4) is 0 Å². The van der Waals surface area contributed by atoms with Crippen molar-refractivity contribution in [2.75, 3.05) is 41.3 Å². The normalized spacial score (nSPS) is 13.0. The van der Waals surface area contributed by atoms with Gasteiger partial charge in [-0.3, -0.25) is 9.59 Å². The number of carbonyl (C=O) groups excluding carboxylic acids is 2. The summed E-state index contributed by atoms with van der Waals surface area (Å²) in [5.41, 5.74) is 1.34. The van der Waals surface area contributed by atoms with E-state index < -0.39 is 0 Å². The maximum atomic E-state index is 12.3. The van der Waals surface area contributed by atoms with E-state index in [0.29, 0.717) is 11.1 Å². The molecular weight excluding hydrogens is 347 g/mol. The van der Waals surface area contributed by atoms with Crippen molar-refractivity contribution in [2.45, 2.75) is 13.8 Å². The molecule has 2 unspecified atom stereocenters. The highest BCUT2D eigenvalue weighted by atomic mass is 35.5. The fourth-order valence-corrected chi connectivity index (χ4v) is 2.63. The van der Waals surface area contributed by atoms with Gasteiger partial charge in [0.05, 0.1) is 0 Å². The Labute approximate surface area is 158 Å². The molecule has 0 amide bonds. The van der Waals surface area contributed by atoms with Gasteiger partial charge in [-0.25, -0.2) is 0 Å². The molecule has 0 aromatic heterocycles. The molecule has 0 saturated heterocycles. The fourth-order valence-electron chi connectivity index (χ4n) is 2.63. The molecule has 0 aliphatic rings. The van der Waals surface area contributed by atoms with E-state index in [9.17, 15) is 9.59 Å². The molecule has 4 nitrogen and oxygen atoms in total. The molecule has 0 spiro atoms. The highest BCUT2D eigenvalue weighted by molar-refractivity contribution is 6.01. The number of benzene rings is 1. The van der Waals surface area contributed by atoms with Gasteiger partial charge in [-0.15, -0.1) is 24.8 Å². The van der Waals surface area contributed by atoms with Crippen molar-refractivity contribution in [3.05, 3.63) is 35.4 Å². The van der Waals surface area contributed by atoms with Gasteiger partial charge in [-0.1, -0.05) is 38.1 Å². The van der Waals surface area contributed by atoms with Crippen LogP contribution in [0.25, 0.3) is 0 Å². The third-order valence-corrected chi connectivity index (χ3v) is 3.63. The Morgan fingerprint density at radius 2 is 1.00 bits per heavy atom. The Balaban J connectivity index is 0. The average molecular weight is 377 g/mol. The fraction of sp³-hybridized carbons (Fsp3) is 0.556. The van der Waals surface area contributed by atoms with Crippen molar-refractivity contribution in [3.63, 3.8) is 0 Å². The van der Waals surface area contributed by atoms with E-state index in [2.05, 4.69) is 0 Å². The number of hydrogen-bond donors (Lipinski definition) is 0. The largest absolute Gasteiger partial charge is 0.309 e. The van der Waals surface area contributed by atoms with Crippen LogP contribution >= 0.6 is 24.8 Å². The number of rotatable bonds is 8. The molecule has 6 heteroatoms. The first-order valence-electron chi connectivity index (χ1n) is 7.70. The molecule has 1 rings (SSSR count). The molecular formula is C18H30Cl2N2O2. The van der Waals surface area contributed by atoms with E-state index >= 15 is 0 Å². The molecule has 0 radical (unpaired) electrons. The van der Waals surface area contributed by atoms with Gasteiger partial charge < -0.3 is 9.80 Å². The van der Waals surface area contributed by atoms with Gasteiger partial charge >= 0.3 is 0 Å². The zero-order valence-electron chi connectivity index (χ0n) is 15.4. The molecule has 138 valence electrons. The zero-order chi connectivity index (χ0) is 16.9. The number of hydrogen-bond acceptors (Lipinski definition) is 4. The van der Waals surface area contributed by atoms with Crippen LogP contribution < -0.4 is 0 Å². The number of Topliss-reactive ketones (excluding diaryl/α,β-unsaturated/α-hetero) is 2. The molecule has 0 aliphatic heterocycles. The first kappa shape index (κ1) is 25.3. The van der Waals surface area contributed by atoms with E-state index in [1.54, 1.807) is 24.3 Å². The third kappa shape index (κ3) is 7.75. The van der Waals surface area contributed by atoms with Crippen LogP contribution in [-0.2, 0) is 0 Å². The van der Waals surface area contributed by atoms with Gasteiger partial charge in [-0.2, -0.15) is 0 Å². The molecule has 0 bridgehead atoms. The van der Waals surface area contributed by atoms with Gasteiger partial charge in [-0.05, 0) is 28.2 Å². The van der Waals surface area contributed by atoms with Gasteiger partial charge in [0, 0.05) is 36.1 Å². The molecule has 0 aliphatic carbocycles. The van der Waals surface area contributed by atoms with Crippen molar-refractivity contribution in [3.8, 4) is 0 Å². The lowest BCUT2D eigenvalue weighted by atomic mass is 9.94. The molecule has 2 atom stereocenters. The summed E-state index contributed by atoms with van der Waals surface area (Å²) < 4.78 is 0. The average Bonchev–Trinajstić information content (AvgIpc) is 2.44. The Morgan fingerprint density at radius 3 is 1.21 bits per heavy atom. The van der Waals surface area contributed by atoms with Crippen LogP contribution in [0, 0.1) is 11.8 Å². The standard InChI is InChI=1S/C18H28N2O2.2ClH/c1-13(11-19(3)4)17(21)15-7-9-16(10-8-15)18(22)14(2)12-20(5)6;;/h7-10,13-14H,11-12H2,1-6H3;2*1H. The quantitative estimate of drug-likeness (QED) is 0.652. The van der Waals surface area contributed by atoms with Crippen LogP contribution in [0.15, 0.2) is 24.3 Å². The first-order chi connectivity index (χ1) is 10.2. The summed E-state index contributed by atoms with van der Waals surface area (Å²) in [5.74, 6) is 0.136. The Kier molecular flexibility index (Phi) is 12.2. The molecule has 0 fully saturated rings. The lowest BCUT2D eigenvalue weighted by molar-refractivity contribution is 0.0899. The highest BCUT2D eigenvalue weighted by Gasteiger charge is 2.18. The van der Waals surface area contributed by atoms with Gasteiger partial charge in [0.15, 0.2) is 11.6 Å². The van der Waals surface area contributed by atoms with Gasteiger partial charge in [0.25, 0.3) is 0 Å². The minimum Gasteiger partial charge on any atom is -0.309 e.